The Kier molecular flexibility index (Phi) is 4.51. The van der Waals surface area contributed by atoms with Crippen LogP contribution in [0, 0.1) is 6.92 Å². The maximum Gasteiger partial charge on any atom is 0.262 e. The molecule has 0 bridgehead atoms. The summed E-state index contributed by atoms with van der Waals surface area (Å²) in [6, 6.07) is 13.5. The first-order valence-corrected chi connectivity index (χ1v) is 8.23. The van der Waals surface area contributed by atoms with Crippen LogP contribution in [0.3, 0.4) is 0 Å². The highest BCUT2D eigenvalue weighted by Gasteiger charge is 2.19. The molecule has 1 amide bonds. The molecular weight excluding hydrogens is 300 g/mol. The maximum atomic E-state index is 12.6. The van der Waals surface area contributed by atoms with Crippen molar-refractivity contribution >= 4 is 27.3 Å². The van der Waals surface area contributed by atoms with E-state index in [2.05, 4.69) is 4.72 Å². The third-order valence-corrected chi connectivity index (χ3v) is 4.89. The van der Waals surface area contributed by atoms with Gasteiger partial charge in [0.2, 0.25) is 5.91 Å². The molecule has 116 valence electrons. The molecule has 0 fully saturated rings. The number of anilines is 2. The SMILES string of the molecule is CC(=O)N(C)c1ccccc1NS(=O)(=O)c1ccccc1C. The second-order valence-corrected chi connectivity index (χ2v) is 6.62. The second-order valence-electron chi connectivity index (χ2n) is 4.97. The molecular formula is C16H18N2O3S. The van der Waals surface area contributed by atoms with Crippen molar-refractivity contribution in [3.05, 3.63) is 54.1 Å². The van der Waals surface area contributed by atoms with Gasteiger partial charge >= 0.3 is 0 Å². The zero-order valence-corrected chi connectivity index (χ0v) is 13.5. The van der Waals surface area contributed by atoms with Gasteiger partial charge in [0.1, 0.15) is 0 Å². The van der Waals surface area contributed by atoms with Gasteiger partial charge in [0.05, 0.1) is 16.3 Å². The lowest BCUT2D eigenvalue weighted by molar-refractivity contribution is -0.116. The van der Waals surface area contributed by atoms with Crippen molar-refractivity contribution < 1.29 is 13.2 Å². The van der Waals surface area contributed by atoms with Gasteiger partial charge in [0.15, 0.2) is 0 Å². The number of hydrogen-bond acceptors (Lipinski definition) is 3. The van der Waals surface area contributed by atoms with Crippen molar-refractivity contribution in [3.63, 3.8) is 0 Å². The Morgan fingerprint density at radius 1 is 1.05 bits per heavy atom. The second kappa shape index (κ2) is 6.19. The number of para-hydroxylation sites is 2. The summed E-state index contributed by atoms with van der Waals surface area (Å²) >= 11 is 0. The highest BCUT2D eigenvalue weighted by Crippen LogP contribution is 2.28. The lowest BCUT2D eigenvalue weighted by Gasteiger charge is -2.20. The van der Waals surface area contributed by atoms with Gasteiger partial charge in [0.25, 0.3) is 10.0 Å². The molecule has 0 saturated carbocycles. The Bertz CT molecular complexity index is 801. The van der Waals surface area contributed by atoms with E-state index >= 15 is 0 Å². The fourth-order valence-corrected chi connectivity index (χ4v) is 3.40. The number of sulfonamides is 1. The molecule has 2 aromatic carbocycles. The summed E-state index contributed by atoms with van der Waals surface area (Å²) in [6.45, 7) is 3.16. The highest BCUT2D eigenvalue weighted by molar-refractivity contribution is 7.92. The summed E-state index contributed by atoms with van der Waals surface area (Å²) in [6.07, 6.45) is 0. The first kappa shape index (κ1) is 16.0. The molecule has 0 aromatic heterocycles. The topological polar surface area (TPSA) is 66.5 Å². The van der Waals surface area contributed by atoms with E-state index < -0.39 is 10.0 Å². The van der Waals surface area contributed by atoms with Gasteiger partial charge in [0, 0.05) is 14.0 Å². The fourth-order valence-electron chi connectivity index (χ4n) is 2.08. The van der Waals surface area contributed by atoms with Gasteiger partial charge in [-0.2, -0.15) is 0 Å². The first-order chi connectivity index (χ1) is 10.3. The van der Waals surface area contributed by atoms with Crippen molar-refractivity contribution in [1.82, 2.24) is 0 Å². The number of nitrogens with zero attached hydrogens (tertiary/aromatic N) is 1. The molecule has 5 nitrogen and oxygen atoms in total. The van der Waals surface area contributed by atoms with Crippen LogP contribution >= 0.6 is 0 Å². The van der Waals surface area contributed by atoms with Gasteiger partial charge in [-0.05, 0) is 30.7 Å². The molecule has 0 aliphatic heterocycles. The number of benzene rings is 2. The van der Waals surface area contributed by atoms with Crippen molar-refractivity contribution in [2.45, 2.75) is 18.7 Å². The molecule has 2 aromatic rings. The molecule has 6 heteroatoms. The standard InChI is InChI=1S/C16H18N2O3S/c1-12-8-4-7-11-16(12)22(20,21)17-14-9-5-6-10-15(14)18(3)13(2)19/h4-11,17H,1-3H3. The molecule has 0 unspecified atom stereocenters. The minimum atomic E-state index is -3.71. The van der Waals surface area contributed by atoms with E-state index in [0.717, 1.165) is 0 Å². The Balaban J connectivity index is 2.43. The molecule has 0 heterocycles. The highest BCUT2D eigenvalue weighted by atomic mass is 32.2. The van der Waals surface area contributed by atoms with E-state index in [0.29, 0.717) is 16.9 Å². The van der Waals surface area contributed by atoms with Gasteiger partial charge < -0.3 is 4.90 Å². The van der Waals surface area contributed by atoms with Gasteiger partial charge in [-0.3, -0.25) is 9.52 Å². The number of aryl methyl sites for hydroxylation is 1. The summed E-state index contributed by atoms with van der Waals surface area (Å²) in [4.78, 5) is 13.2. The number of amides is 1. The molecule has 0 aliphatic rings. The number of carbonyl (C=O) groups is 1. The summed E-state index contributed by atoms with van der Waals surface area (Å²) in [5.74, 6) is -0.178. The van der Waals surface area contributed by atoms with E-state index in [1.165, 1.54) is 11.8 Å². The number of hydrogen-bond donors (Lipinski definition) is 1. The third kappa shape index (κ3) is 3.28. The fraction of sp³-hybridized carbons (Fsp3) is 0.188. The van der Waals surface area contributed by atoms with Crippen LogP contribution in [0.2, 0.25) is 0 Å². The van der Waals surface area contributed by atoms with Gasteiger partial charge in [-0.15, -0.1) is 0 Å². The molecule has 0 aliphatic carbocycles. The van der Waals surface area contributed by atoms with Crippen LogP contribution in [0.4, 0.5) is 11.4 Å². The van der Waals surface area contributed by atoms with Crippen molar-refractivity contribution in [2.24, 2.45) is 0 Å². The predicted molar refractivity (Wildman–Crippen MR) is 87.5 cm³/mol. The molecule has 0 saturated heterocycles. The van der Waals surface area contributed by atoms with Crippen LogP contribution in [-0.4, -0.2) is 21.4 Å². The molecule has 0 radical (unpaired) electrons. The molecule has 0 spiro atoms. The number of nitrogens with one attached hydrogen (secondary N) is 1. The van der Waals surface area contributed by atoms with E-state index in [-0.39, 0.29) is 10.8 Å². The monoisotopic (exact) mass is 318 g/mol. The molecule has 22 heavy (non-hydrogen) atoms. The van der Waals surface area contributed by atoms with Crippen LogP contribution in [0.1, 0.15) is 12.5 Å². The Hall–Kier alpha value is -2.34. The maximum absolute atomic E-state index is 12.6. The molecule has 0 atom stereocenters. The normalized spacial score (nSPS) is 11.0. The lowest BCUT2D eigenvalue weighted by atomic mass is 10.2. The quantitative estimate of drug-likeness (QED) is 0.942. The van der Waals surface area contributed by atoms with E-state index in [4.69, 9.17) is 0 Å². The van der Waals surface area contributed by atoms with E-state index in [1.54, 1.807) is 62.5 Å². The van der Waals surface area contributed by atoms with Crippen LogP contribution in [-0.2, 0) is 14.8 Å². The largest absolute Gasteiger partial charge is 0.314 e. The average Bonchev–Trinajstić information content (AvgIpc) is 2.47. The molecule has 1 N–H and O–H groups in total. The minimum absolute atomic E-state index is 0.178. The van der Waals surface area contributed by atoms with Gasteiger partial charge in [-0.25, -0.2) is 8.42 Å². The smallest absolute Gasteiger partial charge is 0.262 e. The first-order valence-electron chi connectivity index (χ1n) is 6.74. The van der Waals surface area contributed by atoms with Gasteiger partial charge in [-0.1, -0.05) is 30.3 Å². The Labute approximate surface area is 130 Å². The summed E-state index contributed by atoms with van der Waals surface area (Å²) in [7, 11) is -2.11. The van der Waals surface area contributed by atoms with Crippen molar-refractivity contribution in [1.29, 1.82) is 0 Å². The van der Waals surface area contributed by atoms with Crippen LogP contribution < -0.4 is 9.62 Å². The van der Waals surface area contributed by atoms with Crippen molar-refractivity contribution in [2.75, 3.05) is 16.7 Å². The summed E-state index contributed by atoms with van der Waals surface area (Å²) in [5.41, 5.74) is 1.53. The zero-order chi connectivity index (χ0) is 16.3. The van der Waals surface area contributed by atoms with E-state index in [9.17, 15) is 13.2 Å². The summed E-state index contributed by atoms with van der Waals surface area (Å²) in [5, 5.41) is 0. The Morgan fingerprint density at radius 2 is 1.64 bits per heavy atom. The minimum Gasteiger partial charge on any atom is -0.314 e. The zero-order valence-electron chi connectivity index (χ0n) is 12.7. The predicted octanol–water partition coefficient (Wildman–Crippen LogP) is 2.78. The third-order valence-electron chi connectivity index (χ3n) is 3.37. The summed E-state index contributed by atoms with van der Waals surface area (Å²) < 4.78 is 27.7. The van der Waals surface area contributed by atoms with Crippen LogP contribution in [0.5, 0.6) is 0 Å². The van der Waals surface area contributed by atoms with Crippen LogP contribution in [0.15, 0.2) is 53.4 Å². The van der Waals surface area contributed by atoms with Crippen molar-refractivity contribution in [3.8, 4) is 0 Å². The van der Waals surface area contributed by atoms with E-state index in [1.807, 2.05) is 0 Å². The number of carbonyl (C=O) groups excluding carboxylic acids is 1. The van der Waals surface area contributed by atoms with Crippen LogP contribution in [0.25, 0.3) is 0 Å². The molecule has 2 rings (SSSR count). The average molecular weight is 318 g/mol. The Morgan fingerprint density at radius 3 is 2.27 bits per heavy atom. The lowest BCUT2D eigenvalue weighted by Crippen LogP contribution is -2.25. The number of rotatable bonds is 4.